The summed E-state index contributed by atoms with van der Waals surface area (Å²) in [4.78, 5) is 17.3. The number of rotatable bonds is 6. The van der Waals surface area contributed by atoms with Gasteiger partial charge in [-0.3, -0.25) is 19.8 Å². The number of carbonyl (C=O) groups is 1. The molecule has 0 radical (unpaired) electrons. The van der Waals surface area contributed by atoms with Gasteiger partial charge in [-0.2, -0.15) is 5.10 Å². The Bertz CT molecular complexity index is 1150. The van der Waals surface area contributed by atoms with Gasteiger partial charge in [-0.15, -0.1) is 0 Å². The molecular formula is C24H28FN5O2. The number of aliphatic imine (C=N–C) groups is 1. The van der Waals surface area contributed by atoms with Gasteiger partial charge in [0, 0.05) is 36.6 Å². The Morgan fingerprint density at radius 2 is 1.97 bits per heavy atom. The molecule has 1 heterocycles. The van der Waals surface area contributed by atoms with Gasteiger partial charge >= 0.3 is 0 Å². The van der Waals surface area contributed by atoms with Gasteiger partial charge in [0.1, 0.15) is 11.6 Å². The lowest BCUT2D eigenvalue weighted by atomic mass is 10.1. The molecule has 0 aliphatic carbocycles. The van der Waals surface area contributed by atoms with E-state index in [2.05, 4.69) is 20.7 Å². The number of benzene rings is 2. The molecule has 0 aliphatic heterocycles. The standard InChI is InChI=1S/C24H28FN5O2/c1-15-9-10-18(13-22(15)25)23(31)28-24(27-19-7-6-8-20(14-19)32-5)26-12-11-21-16(2)29-30(4)17(21)3/h6-10,13-14H,11-12H2,1-5H3,(H2,26,27,28,31). The van der Waals surface area contributed by atoms with Crippen molar-refractivity contribution in [3.63, 3.8) is 0 Å². The molecular weight excluding hydrogens is 409 g/mol. The van der Waals surface area contributed by atoms with Crippen LogP contribution in [-0.2, 0) is 13.5 Å². The minimum absolute atomic E-state index is 0.215. The van der Waals surface area contributed by atoms with Crippen molar-refractivity contribution in [2.24, 2.45) is 12.0 Å². The van der Waals surface area contributed by atoms with E-state index < -0.39 is 11.7 Å². The predicted molar refractivity (Wildman–Crippen MR) is 124 cm³/mol. The number of hydrogen-bond acceptors (Lipinski definition) is 4. The molecule has 8 heteroatoms. The van der Waals surface area contributed by atoms with Gasteiger partial charge in [-0.05, 0) is 62.6 Å². The van der Waals surface area contributed by atoms with Crippen molar-refractivity contribution in [1.29, 1.82) is 0 Å². The molecule has 0 fully saturated rings. The second-order valence-electron chi connectivity index (χ2n) is 7.53. The summed E-state index contributed by atoms with van der Waals surface area (Å²) in [6.45, 7) is 6.07. The Morgan fingerprint density at radius 3 is 2.62 bits per heavy atom. The van der Waals surface area contributed by atoms with Crippen LogP contribution in [0.25, 0.3) is 0 Å². The number of guanidine groups is 1. The van der Waals surface area contributed by atoms with E-state index in [1.54, 1.807) is 32.2 Å². The number of anilines is 1. The summed E-state index contributed by atoms with van der Waals surface area (Å²) in [5.74, 6) is 0.0533. The molecule has 0 unspecified atom stereocenters. The molecule has 3 aromatic rings. The first kappa shape index (κ1) is 23.0. The normalized spacial score (nSPS) is 11.4. The SMILES string of the molecule is COc1cccc(NC(=NCCc2c(C)nn(C)c2C)NC(=O)c2ccc(C)c(F)c2)c1. The first-order valence-electron chi connectivity index (χ1n) is 10.3. The van der Waals surface area contributed by atoms with Crippen molar-refractivity contribution in [3.05, 3.63) is 76.4 Å². The van der Waals surface area contributed by atoms with Crippen LogP contribution in [0.3, 0.4) is 0 Å². The van der Waals surface area contributed by atoms with E-state index in [9.17, 15) is 9.18 Å². The van der Waals surface area contributed by atoms with E-state index in [-0.39, 0.29) is 11.5 Å². The molecule has 1 aromatic heterocycles. The number of halogens is 1. The average molecular weight is 438 g/mol. The molecule has 0 saturated heterocycles. The fourth-order valence-corrected chi connectivity index (χ4v) is 3.32. The van der Waals surface area contributed by atoms with Crippen molar-refractivity contribution >= 4 is 17.6 Å². The largest absolute Gasteiger partial charge is 0.497 e. The van der Waals surface area contributed by atoms with E-state index in [0.717, 1.165) is 17.0 Å². The van der Waals surface area contributed by atoms with E-state index in [4.69, 9.17) is 4.74 Å². The first-order valence-corrected chi connectivity index (χ1v) is 10.3. The van der Waals surface area contributed by atoms with Gasteiger partial charge in [0.25, 0.3) is 5.91 Å². The molecule has 168 valence electrons. The van der Waals surface area contributed by atoms with Crippen LogP contribution in [0.15, 0.2) is 47.5 Å². The number of carbonyl (C=O) groups excluding carboxylic acids is 1. The van der Waals surface area contributed by atoms with E-state index in [0.29, 0.717) is 30.0 Å². The highest BCUT2D eigenvalue weighted by atomic mass is 19.1. The van der Waals surface area contributed by atoms with E-state index in [1.807, 2.05) is 43.8 Å². The number of nitrogens with one attached hydrogen (secondary N) is 2. The number of amides is 1. The number of nitrogens with zero attached hydrogens (tertiary/aromatic N) is 3. The summed E-state index contributed by atoms with van der Waals surface area (Å²) < 4.78 is 21.0. The van der Waals surface area contributed by atoms with Crippen LogP contribution in [0.5, 0.6) is 5.75 Å². The Hall–Kier alpha value is -3.68. The van der Waals surface area contributed by atoms with Crippen LogP contribution in [-0.4, -0.2) is 35.3 Å². The van der Waals surface area contributed by atoms with E-state index in [1.165, 1.54) is 6.07 Å². The highest BCUT2D eigenvalue weighted by Gasteiger charge is 2.13. The zero-order chi connectivity index (χ0) is 23.3. The topological polar surface area (TPSA) is 80.5 Å². The zero-order valence-electron chi connectivity index (χ0n) is 19.0. The minimum Gasteiger partial charge on any atom is -0.497 e. The maximum absolute atomic E-state index is 13.9. The van der Waals surface area contributed by atoms with Gasteiger partial charge < -0.3 is 10.1 Å². The summed E-state index contributed by atoms with van der Waals surface area (Å²) >= 11 is 0. The molecule has 7 nitrogen and oxygen atoms in total. The van der Waals surface area contributed by atoms with Crippen molar-refractivity contribution in [2.75, 3.05) is 19.0 Å². The number of aryl methyl sites for hydroxylation is 3. The highest BCUT2D eigenvalue weighted by Crippen LogP contribution is 2.17. The van der Waals surface area contributed by atoms with Crippen molar-refractivity contribution in [3.8, 4) is 5.75 Å². The lowest BCUT2D eigenvalue weighted by Crippen LogP contribution is -2.36. The summed E-state index contributed by atoms with van der Waals surface area (Å²) in [5.41, 5.74) is 4.57. The van der Waals surface area contributed by atoms with Gasteiger partial charge in [0.15, 0.2) is 0 Å². The smallest absolute Gasteiger partial charge is 0.258 e. The Kier molecular flexibility index (Phi) is 7.25. The van der Waals surface area contributed by atoms with Gasteiger partial charge in [-0.25, -0.2) is 4.39 Å². The number of ether oxygens (including phenoxy) is 1. The van der Waals surface area contributed by atoms with Gasteiger partial charge in [-0.1, -0.05) is 12.1 Å². The second kappa shape index (κ2) is 10.1. The molecule has 2 aromatic carbocycles. The van der Waals surface area contributed by atoms with Crippen LogP contribution in [0, 0.1) is 26.6 Å². The monoisotopic (exact) mass is 437 g/mol. The predicted octanol–water partition coefficient (Wildman–Crippen LogP) is 3.93. The first-order chi connectivity index (χ1) is 15.3. The summed E-state index contributed by atoms with van der Waals surface area (Å²) in [6.07, 6.45) is 0.670. The lowest BCUT2D eigenvalue weighted by Gasteiger charge is -2.13. The molecule has 2 N–H and O–H groups in total. The zero-order valence-corrected chi connectivity index (χ0v) is 19.0. The maximum atomic E-state index is 13.9. The Morgan fingerprint density at radius 1 is 1.19 bits per heavy atom. The molecule has 0 aliphatic rings. The average Bonchev–Trinajstić information content (AvgIpc) is 3.01. The molecule has 0 spiro atoms. The minimum atomic E-state index is -0.452. The van der Waals surface area contributed by atoms with Gasteiger partial charge in [0.05, 0.1) is 12.8 Å². The van der Waals surface area contributed by atoms with Crippen LogP contribution < -0.4 is 15.4 Å². The molecule has 3 rings (SSSR count). The Balaban J connectivity index is 1.81. The van der Waals surface area contributed by atoms with Crippen molar-refractivity contribution in [1.82, 2.24) is 15.1 Å². The number of aromatic nitrogens is 2. The number of methoxy groups -OCH3 is 1. The second-order valence-corrected chi connectivity index (χ2v) is 7.53. The van der Waals surface area contributed by atoms with Crippen LogP contribution in [0.1, 0.15) is 32.9 Å². The molecule has 32 heavy (non-hydrogen) atoms. The van der Waals surface area contributed by atoms with Crippen LogP contribution >= 0.6 is 0 Å². The highest BCUT2D eigenvalue weighted by molar-refractivity contribution is 6.10. The van der Waals surface area contributed by atoms with Crippen LogP contribution in [0.4, 0.5) is 10.1 Å². The summed E-state index contributed by atoms with van der Waals surface area (Å²) in [7, 11) is 3.49. The van der Waals surface area contributed by atoms with Crippen LogP contribution in [0.2, 0.25) is 0 Å². The quantitative estimate of drug-likeness (QED) is 0.452. The summed E-state index contributed by atoms with van der Waals surface area (Å²) in [5, 5.41) is 10.3. The van der Waals surface area contributed by atoms with Gasteiger partial charge in [0.2, 0.25) is 5.96 Å². The Labute approximate surface area is 187 Å². The molecule has 0 atom stereocenters. The fraction of sp³-hybridized carbons (Fsp3) is 0.292. The van der Waals surface area contributed by atoms with Crippen molar-refractivity contribution in [2.45, 2.75) is 27.2 Å². The molecule has 0 saturated carbocycles. The lowest BCUT2D eigenvalue weighted by molar-refractivity contribution is 0.0976. The third kappa shape index (κ3) is 5.51. The summed E-state index contributed by atoms with van der Waals surface area (Å²) in [6, 6.07) is 11.7. The van der Waals surface area contributed by atoms with E-state index >= 15 is 0 Å². The fourth-order valence-electron chi connectivity index (χ4n) is 3.32. The third-order valence-corrected chi connectivity index (χ3v) is 5.29. The number of hydrogen-bond donors (Lipinski definition) is 2. The van der Waals surface area contributed by atoms with Crippen molar-refractivity contribution < 1.29 is 13.9 Å². The molecule has 0 bridgehead atoms. The molecule has 1 amide bonds. The maximum Gasteiger partial charge on any atom is 0.258 e. The third-order valence-electron chi connectivity index (χ3n) is 5.29.